The highest BCUT2D eigenvalue weighted by Crippen LogP contribution is 2.40. The van der Waals surface area contributed by atoms with E-state index in [4.69, 9.17) is 11.5 Å². The molecule has 4 N–H and O–H groups in total. The van der Waals surface area contributed by atoms with Crippen molar-refractivity contribution in [3.05, 3.63) is 57.6 Å². The van der Waals surface area contributed by atoms with E-state index in [0.717, 1.165) is 11.4 Å². The van der Waals surface area contributed by atoms with Gasteiger partial charge in [0.2, 0.25) is 0 Å². The molecule has 26 heavy (non-hydrogen) atoms. The summed E-state index contributed by atoms with van der Waals surface area (Å²) in [5.74, 6) is 1.02. The van der Waals surface area contributed by atoms with Gasteiger partial charge in [0, 0.05) is 17.3 Å². The van der Waals surface area contributed by atoms with Crippen LogP contribution < -0.4 is 11.5 Å². The van der Waals surface area contributed by atoms with E-state index in [1.54, 1.807) is 0 Å². The molecule has 0 aliphatic rings. The molecule has 2 heteroatoms. The van der Waals surface area contributed by atoms with Gasteiger partial charge in [0.15, 0.2) is 0 Å². The van der Waals surface area contributed by atoms with Gasteiger partial charge in [-0.15, -0.1) is 0 Å². The quantitative estimate of drug-likeness (QED) is 0.564. The Morgan fingerprint density at radius 3 is 1.42 bits per heavy atom. The van der Waals surface area contributed by atoms with Gasteiger partial charge >= 0.3 is 0 Å². The minimum Gasteiger partial charge on any atom is -0.398 e. The first-order valence-corrected chi connectivity index (χ1v) is 10.0. The molecule has 0 fully saturated rings. The molecular weight excluding hydrogens is 316 g/mol. The first-order chi connectivity index (χ1) is 12.3. The lowest BCUT2D eigenvalue weighted by Gasteiger charge is -2.29. The standard InChI is InChI=1S/C24H36N2/c1-7-9-10-19(8-2)22(20-11-15(3)23(25)16(4)12-20)21-13-17(5)24(26)18(6)14-21/h11-14,19,22H,7-10,25-26H2,1-6H3. The van der Waals surface area contributed by atoms with Gasteiger partial charge in [0.1, 0.15) is 0 Å². The van der Waals surface area contributed by atoms with Crippen LogP contribution in [0.25, 0.3) is 0 Å². The van der Waals surface area contributed by atoms with Gasteiger partial charge in [0.05, 0.1) is 0 Å². The number of benzene rings is 2. The third-order valence-electron chi connectivity index (χ3n) is 5.87. The highest BCUT2D eigenvalue weighted by molar-refractivity contribution is 5.58. The molecule has 142 valence electrons. The van der Waals surface area contributed by atoms with Crippen LogP contribution in [-0.4, -0.2) is 0 Å². The van der Waals surface area contributed by atoms with E-state index < -0.39 is 0 Å². The third-order valence-corrected chi connectivity index (χ3v) is 5.87. The number of anilines is 2. The van der Waals surface area contributed by atoms with Crippen molar-refractivity contribution < 1.29 is 0 Å². The molecule has 0 amide bonds. The van der Waals surface area contributed by atoms with Crippen molar-refractivity contribution in [2.45, 2.75) is 73.1 Å². The lowest BCUT2D eigenvalue weighted by atomic mass is 9.75. The van der Waals surface area contributed by atoms with Crippen molar-refractivity contribution in [2.24, 2.45) is 5.92 Å². The van der Waals surface area contributed by atoms with Crippen LogP contribution in [-0.2, 0) is 0 Å². The van der Waals surface area contributed by atoms with Crippen LogP contribution in [0.2, 0.25) is 0 Å². The van der Waals surface area contributed by atoms with Crippen LogP contribution in [0.15, 0.2) is 24.3 Å². The Morgan fingerprint density at radius 1 is 0.731 bits per heavy atom. The van der Waals surface area contributed by atoms with Crippen LogP contribution in [0.4, 0.5) is 11.4 Å². The zero-order chi connectivity index (χ0) is 19.4. The van der Waals surface area contributed by atoms with E-state index in [9.17, 15) is 0 Å². The molecule has 0 aliphatic carbocycles. The summed E-state index contributed by atoms with van der Waals surface area (Å²) in [6.07, 6.45) is 4.94. The smallest absolute Gasteiger partial charge is 0.0373 e. The summed E-state index contributed by atoms with van der Waals surface area (Å²) >= 11 is 0. The summed E-state index contributed by atoms with van der Waals surface area (Å²) in [5.41, 5.74) is 21.8. The summed E-state index contributed by atoms with van der Waals surface area (Å²) in [7, 11) is 0. The highest BCUT2D eigenvalue weighted by atomic mass is 14.6. The Hall–Kier alpha value is -1.96. The lowest BCUT2D eigenvalue weighted by Crippen LogP contribution is -2.16. The number of nitrogens with two attached hydrogens (primary N) is 2. The maximum atomic E-state index is 6.23. The van der Waals surface area contributed by atoms with Gasteiger partial charge < -0.3 is 11.5 Å². The number of hydrogen-bond donors (Lipinski definition) is 2. The Morgan fingerprint density at radius 2 is 1.12 bits per heavy atom. The van der Waals surface area contributed by atoms with E-state index in [1.165, 1.54) is 59.1 Å². The first-order valence-electron chi connectivity index (χ1n) is 10.0. The second-order valence-corrected chi connectivity index (χ2v) is 7.92. The third kappa shape index (κ3) is 4.23. The molecule has 0 saturated heterocycles. The first kappa shape index (κ1) is 20.4. The lowest BCUT2D eigenvalue weighted by molar-refractivity contribution is 0.406. The largest absolute Gasteiger partial charge is 0.398 e. The average Bonchev–Trinajstić information content (AvgIpc) is 2.60. The van der Waals surface area contributed by atoms with Gasteiger partial charge in [-0.25, -0.2) is 0 Å². The van der Waals surface area contributed by atoms with E-state index >= 15 is 0 Å². The van der Waals surface area contributed by atoms with E-state index in [-0.39, 0.29) is 0 Å². The Balaban J connectivity index is 2.62. The van der Waals surface area contributed by atoms with Gasteiger partial charge in [-0.1, -0.05) is 57.4 Å². The van der Waals surface area contributed by atoms with E-state index in [2.05, 4.69) is 65.8 Å². The van der Waals surface area contributed by atoms with Crippen LogP contribution in [0, 0.1) is 33.6 Å². The van der Waals surface area contributed by atoms with Crippen molar-refractivity contribution in [3.63, 3.8) is 0 Å². The Labute approximate surface area is 160 Å². The normalized spacial score (nSPS) is 12.6. The molecule has 2 rings (SSSR count). The predicted octanol–water partition coefficient (Wildman–Crippen LogP) is 6.43. The number of rotatable bonds is 7. The fourth-order valence-corrected chi connectivity index (χ4v) is 4.19. The van der Waals surface area contributed by atoms with Gasteiger partial charge in [-0.2, -0.15) is 0 Å². The molecule has 0 spiro atoms. The van der Waals surface area contributed by atoms with Crippen LogP contribution in [0.1, 0.15) is 78.8 Å². The molecule has 0 aromatic heterocycles. The fraction of sp³-hybridized carbons (Fsp3) is 0.500. The van der Waals surface area contributed by atoms with Crippen LogP contribution in [0.5, 0.6) is 0 Å². The summed E-state index contributed by atoms with van der Waals surface area (Å²) in [5, 5.41) is 0. The molecule has 1 atom stereocenters. The maximum Gasteiger partial charge on any atom is 0.0373 e. The number of aryl methyl sites for hydroxylation is 4. The van der Waals surface area contributed by atoms with E-state index in [0.29, 0.717) is 11.8 Å². The summed E-state index contributed by atoms with van der Waals surface area (Å²) < 4.78 is 0. The van der Waals surface area contributed by atoms with Gasteiger partial charge in [-0.05, 0) is 73.4 Å². The second-order valence-electron chi connectivity index (χ2n) is 7.92. The molecule has 2 nitrogen and oxygen atoms in total. The Kier molecular flexibility index (Phi) is 6.75. The van der Waals surface area contributed by atoms with E-state index in [1.807, 2.05) is 0 Å². The number of unbranched alkanes of at least 4 members (excludes halogenated alkanes) is 1. The Bertz CT molecular complexity index is 657. The molecule has 0 bridgehead atoms. The zero-order valence-electron chi connectivity index (χ0n) is 17.4. The second kappa shape index (κ2) is 8.62. The van der Waals surface area contributed by atoms with Crippen molar-refractivity contribution in [1.82, 2.24) is 0 Å². The maximum absolute atomic E-state index is 6.23. The summed E-state index contributed by atoms with van der Waals surface area (Å²) in [6.45, 7) is 13.1. The molecule has 0 aliphatic heterocycles. The van der Waals surface area contributed by atoms with Crippen molar-refractivity contribution in [1.29, 1.82) is 0 Å². The number of nitrogen functional groups attached to an aromatic ring is 2. The van der Waals surface area contributed by atoms with Crippen molar-refractivity contribution in [3.8, 4) is 0 Å². The molecule has 0 heterocycles. The fourth-order valence-electron chi connectivity index (χ4n) is 4.19. The number of hydrogen-bond acceptors (Lipinski definition) is 2. The molecule has 0 saturated carbocycles. The molecule has 1 unspecified atom stereocenters. The van der Waals surface area contributed by atoms with Gasteiger partial charge in [0.25, 0.3) is 0 Å². The minimum absolute atomic E-state index is 0.391. The topological polar surface area (TPSA) is 52.0 Å². The zero-order valence-corrected chi connectivity index (χ0v) is 17.4. The molecule has 0 radical (unpaired) electrons. The monoisotopic (exact) mass is 352 g/mol. The molecule has 2 aromatic carbocycles. The SMILES string of the molecule is CCCCC(CC)C(c1cc(C)c(N)c(C)c1)c1cc(C)c(N)c(C)c1. The minimum atomic E-state index is 0.391. The molecule has 2 aromatic rings. The average molecular weight is 353 g/mol. The van der Waals surface area contributed by atoms with Crippen molar-refractivity contribution >= 4 is 11.4 Å². The summed E-state index contributed by atoms with van der Waals surface area (Å²) in [4.78, 5) is 0. The van der Waals surface area contributed by atoms with Crippen molar-refractivity contribution in [2.75, 3.05) is 11.5 Å². The summed E-state index contributed by atoms with van der Waals surface area (Å²) in [6, 6.07) is 9.18. The predicted molar refractivity (Wildman–Crippen MR) is 116 cm³/mol. The van der Waals surface area contributed by atoms with Crippen LogP contribution >= 0.6 is 0 Å². The molecular formula is C24H36N2. The highest BCUT2D eigenvalue weighted by Gasteiger charge is 2.25. The van der Waals surface area contributed by atoms with Crippen LogP contribution in [0.3, 0.4) is 0 Å². The van der Waals surface area contributed by atoms with Gasteiger partial charge in [-0.3, -0.25) is 0 Å².